The van der Waals surface area contributed by atoms with Crippen molar-refractivity contribution in [3.05, 3.63) is 88.5 Å². The van der Waals surface area contributed by atoms with E-state index in [0.717, 1.165) is 22.4 Å². The minimum atomic E-state index is -3.75. The summed E-state index contributed by atoms with van der Waals surface area (Å²) in [6.45, 7) is 7.58. The average Bonchev–Trinajstić information content (AvgIpc) is 3.09. The standard InChI is InChI=1S/C25H26N2O3S2/c1-16-8-10-22(11-9-16)27-23(28)15-31-25(27)20-6-5-7-21(14-20)26-32(29,30)24-18(3)12-17(2)13-19(24)4/h5-14,25-26H,15H2,1-4H3/t25-/m1/s1. The number of hydrogen-bond donors (Lipinski definition) is 1. The molecule has 3 aromatic rings. The molecule has 1 aliphatic rings. The largest absolute Gasteiger partial charge is 0.295 e. The van der Waals surface area contributed by atoms with Crippen LogP contribution in [0.4, 0.5) is 11.4 Å². The number of rotatable bonds is 5. The lowest BCUT2D eigenvalue weighted by Crippen LogP contribution is -2.27. The van der Waals surface area contributed by atoms with Crippen LogP contribution in [0, 0.1) is 27.7 Å². The van der Waals surface area contributed by atoms with Crippen molar-refractivity contribution in [3.63, 3.8) is 0 Å². The van der Waals surface area contributed by atoms with Crippen LogP contribution in [0.15, 0.2) is 65.6 Å². The first-order chi connectivity index (χ1) is 15.2. The van der Waals surface area contributed by atoms with E-state index in [-0.39, 0.29) is 11.3 Å². The Morgan fingerprint density at radius 3 is 2.22 bits per heavy atom. The number of anilines is 2. The van der Waals surface area contributed by atoms with Gasteiger partial charge >= 0.3 is 0 Å². The van der Waals surface area contributed by atoms with Gasteiger partial charge in [-0.2, -0.15) is 0 Å². The molecule has 1 saturated heterocycles. The zero-order valence-corrected chi connectivity index (χ0v) is 20.2. The van der Waals surface area contributed by atoms with Crippen LogP contribution in [-0.2, 0) is 14.8 Å². The zero-order valence-electron chi connectivity index (χ0n) is 18.5. The van der Waals surface area contributed by atoms with Gasteiger partial charge in [-0.15, -0.1) is 11.8 Å². The van der Waals surface area contributed by atoms with Crippen LogP contribution in [0.2, 0.25) is 0 Å². The molecule has 166 valence electrons. The number of carbonyl (C=O) groups excluding carboxylic acids is 1. The first-order valence-corrected chi connectivity index (χ1v) is 12.9. The van der Waals surface area contributed by atoms with E-state index in [1.54, 1.807) is 11.0 Å². The molecule has 1 fully saturated rings. The van der Waals surface area contributed by atoms with E-state index in [1.165, 1.54) is 11.8 Å². The van der Waals surface area contributed by atoms with Gasteiger partial charge < -0.3 is 0 Å². The molecule has 5 nitrogen and oxygen atoms in total. The molecule has 0 radical (unpaired) electrons. The minimum Gasteiger partial charge on any atom is -0.295 e. The second kappa shape index (κ2) is 8.64. The highest BCUT2D eigenvalue weighted by atomic mass is 32.2. The van der Waals surface area contributed by atoms with Gasteiger partial charge in [-0.3, -0.25) is 14.4 Å². The predicted octanol–water partition coefficient (Wildman–Crippen LogP) is 5.50. The fraction of sp³-hybridized carbons (Fsp3) is 0.240. The Labute approximate surface area is 193 Å². The molecule has 0 bridgehead atoms. The van der Waals surface area contributed by atoms with Crippen molar-refractivity contribution >= 4 is 39.1 Å². The summed E-state index contributed by atoms with van der Waals surface area (Å²) in [7, 11) is -3.75. The molecule has 1 heterocycles. The second-order valence-electron chi connectivity index (χ2n) is 8.22. The molecular formula is C25H26N2O3S2. The fourth-order valence-corrected chi connectivity index (χ4v) is 6.88. The smallest absolute Gasteiger partial charge is 0.262 e. The summed E-state index contributed by atoms with van der Waals surface area (Å²) in [5.41, 5.74) is 5.78. The van der Waals surface area contributed by atoms with E-state index in [9.17, 15) is 13.2 Å². The van der Waals surface area contributed by atoms with Crippen LogP contribution in [0.5, 0.6) is 0 Å². The minimum absolute atomic E-state index is 0.0424. The molecular weight excluding hydrogens is 440 g/mol. The maximum absolute atomic E-state index is 13.2. The number of hydrogen-bond acceptors (Lipinski definition) is 4. The Kier molecular flexibility index (Phi) is 6.05. The molecule has 32 heavy (non-hydrogen) atoms. The number of carbonyl (C=O) groups is 1. The number of aryl methyl sites for hydroxylation is 4. The van der Waals surface area contributed by atoms with Crippen LogP contribution >= 0.6 is 11.8 Å². The van der Waals surface area contributed by atoms with Crippen LogP contribution in [0.1, 0.15) is 33.2 Å². The first-order valence-electron chi connectivity index (χ1n) is 10.4. The number of amides is 1. The number of benzene rings is 3. The molecule has 1 N–H and O–H groups in total. The van der Waals surface area contributed by atoms with Crippen molar-refractivity contribution in [1.82, 2.24) is 0 Å². The SMILES string of the molecule is Cc1ccc(N2C(=O)CS[C@@H]2c2cccc(NS(=O)(=O)c3c(C)cc(C)cc3C)c2)cc1. The Hall–Kier alpha value is -2.77. The van der Waals surface area contributed by atoms with Crippen LogP contribution < -0.4 is 9.62 Å². The number of sulfonamides is 1. The van der Waals surface area contributed by atoms with Gasteiger partial charge in [0, 0.05) is 11.4 Å². The summed E-state index contributed by atoms with van der Waals surface area (Å²) in [5.74, 6) is 0.428. The topological polar surface area (TPSA) is 66.5 Å². The van der Waals surface area contributed by atoms with Crippen molar-refractivity contribution < 1.29 is 13.2 Å². The Morgan fingerprint density at radius 2 is 1.56 bits per heavy atom. The van der Waals surface area contributed by atoms with E-state index in [1.807, 2.05) is 82.3 Å². The third-order valence-corrected chi connectivity index (χ3v) is 8.38. The highest BCUT2D eigenvalue weighted by Gasteiger charge is 2.34. The van der Waals surface area contributed by atoms with Crippen molar-refractivity contribution in [3.8, 4) is 0 Å². The molecule has 1 amide bonds. The van der Waals surface area contributed by atoms with E-state index >= 15 is 0 Å². The predicted molar refractivity (Wildman–Crippen MR) is 132 cm³/mol. The molecule has 0 aliphatic carbocycles. The molecule has 4 rings (SSSR count). The fourth-order valence-electron chi connectivity index (χ4n) is 4.21. The van der Waals surface area contributed by atoms with Crippen LogP contribution in [0.3, 0.4) is 0 Å². The lowest BCUT2D eigenvalue weighted by Gasteiger charge is -2.25. The first kappa shape index (κ1) is 22.4. The highest BCUT2D eigenvalue weighted by molar-refractivity contribution is 8.00. The summed E-state index contributed by atoms with van der Waals surface area (Å²) in [6.07, 6.45) is 0. The van der Waals surface area contributed by atoms with E-state index in [0.29, 0.717) is 27.5 Å². The van der Waals surface area contributed by atoms with Gasteiger partial charge in [0.05, 0.1) is 10.6 Å². The zero-order chi connectivity index (χ0) is 23.0. The van der Waals surface area contributed by atoms with E-state index < -0.39 is 10.0 Å². The average molecular weight is 467 g/mol. The summed E-state index contributed by atoms with van der Waals surface area (Å²) in [5, 5.41) is -0.211. The van der Waals surface area contributed by atoms with Gasteiger partial charge in [0.2, 0.25) is 5.91 Å². The van der Waals surface area contributed by atoms with Gasteiger partial charge in [0.15, 0.2) is 0 Å². The van der Waals surface area contributed by atoms with Crippen molar-refractivity contribution in [2.45, 2.75) is 38.0 Å². The Bertz CT molecular complexity index is 1260. The summed E-state index contributed by atoms with van der Waals surface area (Å²) < 4.78 is 29.1. The number of nitrogens with zero attached hydrogens (tertiary/aromatic N) is 1. The molecule has 0 unspecified atom stereocenters. The van der Waals surface area contributed by atoms with Gasteiger partial charge in [-0.05, 0) is 68.7 Å². The highest BCUT2D eigenvalue weighted by Crippen LogP contribution is 2.42. The van der Waals surface area contributed by atoms with Gasteiger partial charge in [0.1, 0.15) is 5.37 Å². The summed E-state index contributed by atoms with van der Waals surface area (Å²) in [6, 6.07) is 18.9. The molecule has 3 aromatic carbocycles. The van der Waals surface area contributed by atoms with Crippen LogP contribution in [-0.4, -0.2) is 20.1 Å². The lowest BCUT2D eigenvalue weighted by molar-refractivity contribution is -0.115. The lowest BCUT2D eigenvalue weighted by atomic mass is 10.1. The maximum atomic E-state index is 13.2. The summed E-state index contributed by atoms with van der Waals surface area (Å²) >= 11 is 1.54. The Balaban J connectivity index is 1.65. The van der Waals surface area contributed by atoms with E-state index in [2.05, 4.69) is 4.72 Å². The van der Waals surface area contributed by atoms with Gasteiger partial charge in [0.25, 0.3) is 10.0 Å². The third-order valence-electron chi connectivity index (χ3n) is 5.48. The molecule has 0 aromatic heterocycles. The van der Waals surface area contributed by atoms with Crippen molar-refractivity contribution in [2.24, 2.45) is 0 Å². The number of thioether (sulfide) groups is 1. The summed E-state index contributed by atoms with van der Waals surface area (Å²) in [4.78, 5) is 14.7. The number of nitrogens with one attached hydrogen (secondary N) is 1. The van der Waals surface area contributed by atoms with Crippen LogP contribution in [0.25, 0.3) is 0 Å². The van der Waals surface area contributed by atoms with Gasteiger partial charge in [-0.1, -0.05) is 47.5 Å². The second-order valence-corrected chi connectivity index (χ2v) is 10.9. The molecule has 7 heteroatoms. The molecule has 0 spiro atoms. The quantitative estimate of drug-likeness (QED) is 0.539. The molecule has 1 aliphatic heterocycles. The van der Waals surface area contributed by atoms with Gasteiger partial charge in [-0.25, -0.2) is 8.42 Å². The van der Waals surface area contributed by atoms with Crippen molar-refractivity contribution in [2.75, 3.05) is 15.4 Å². The molecule has 0 saturated carbocycles. The normalized spacial score (nSPS) is 16.4. The van der Waals surface area contributed by atoms with Crippen molar-refractivity contribution in [1.29, 1.82) is 0 Å². The molecule has 1 atom stereocenters. The Morgan fingerprint density at radius 1 is 0.906 bits per heavy atom. The third kappa shape index (κ3) is 4.40. The maximum Gasteiger partial charge on any atom is 0.262 e. The monoisotopic (exact) mass is 466 g/mol. The van der Waals surface area contributed by atoms with E-state index in [4.69, 9.17) is 0 Å².